The molecule has 1 amide bonds. The van der Waals surface area contributed by atoms with Crippen LogP contribution in [0.4, 0.5) is 0 Å². The molecule has 1 fully saturated rings. The van der Waals surface area contributed by atoms with Crippen molar-refractivity contribution in [2.45, 2.75) is 6.10 Å². The number of Topliss-reactive ketones (excluding diaryl/α,β-unsaturated/α-hetero) is 1. The van der Waals surface area contributed by atoms with E-state index in [2.05, 4.69) is 5.32 Å². The first-order chi connectivity index (χ1) is 8.66. The van der Waals surface area contributed by atoms with Gasteiger partial charge in [0.05, 0.1) is 18.0 Å². The highest BCUT2D eigenvalue weighted by Gasteiger charge is 2.25. The first kappa shape index (κ1) is 13.2. The van der Waals surface area contributed by atoms with Gasteiger partial charge in [0, 0.05) is 13.1 Å². The molecule has 1 aromatic rings. The summed E-state index contributed by atoms with van der Waals surface area (Å²) >= 11 is 1.38. The molecular weight excluding hydrogens is 252 g/mol. The summed E-state index contributed by atoms with van der Waals surface area (Å²) in [5, 5.41) is 4.47. The van der Waals surface area contributed by atoms with Gasteiger partial charge in [0.25, 0.3) is 5.91 Å². The molecule has 1 aliphatic rings. The van der Waals surface area contributed by atoms with Crippen molar-refractivity contribution in [3.63, 3.8) is 0 Å². The third-order valence-corrected chi connectivity index (χ3v) is 3.69. The molecular formula is C12H16N2O3S. The van der Waals surface area contributed by atoms with Crippen LogP contribution in [-0.4, -0.2) is 56.0 Å². The fourth-order valence-corrected chi connectivity index (χ4v) is 2.41. The molecule has 0 aliphatic carbocycles. The van der Waals surface area contributed by atoms with Crippen molar-refractivity contribution in [1.29, 1.82) is 0 Å². The van der Waals surface area contributed by atoms with E-state index in [9.17, 15) is 9.59 Å². The molecule has 1 aromatic heterocycles. The lowest BCUT2D eigenvalue weighted by Gasteiger charge is -2.28. The molecule has 0 bridgehead atoms. The van der Waals surface area contributed by atoms with E-state index >= 15 is 0 Å². The molecule has 18 heavy (non-hydrogen) atoms. The van der Waals surface area contributed by atoms with Crippen molar-refractivity contribution in [3.05, 3.63) is 22.4 Å². The maximum absolute atomic E-state index is 11.8. The minimum Gasteiger partial charge on any atom is -0.366 e. The molecule has 0 aromatic carbocycles. The number of hydrogen-bond acceptors (Lipinski definition) is 5. The van der Waals surface area contributed by atoms with Gasteiger partial charge in [-0.15, -0.1) is 11.3 Å². The number of nitrogens with one attached hydrogen (secondary N) is 1. The van der Waals surface area contributed by atoms with Gasteiger partial charge in [-0.05, 0) is 18.5 Å². The Morgan fingerprint density at radius 3 is 3.11 bits per heavy atom. The van der Waals surface area contributed by atoms with E-state index in [0.29, 0.717) is 18.0 Å². The Hall–Kier alpha value is -1.24. The molecule has 0 saturated carbocycles. The number of likely N-dealkylation sites (N-methyl/N-ethyl adjacent to an activating group) is 1. The number of carbonyl (C=O) groups is 2. The van der Waals surface area contributed by atoms with Gasteiger partial charge in [-0.2, -0.15) is 0 Å². The summed E-state index contributed by atoms with van der Waals surface area (Å²) in [5.41, 5.74) is 0. The zero-order chi connectivity index (χ0) is 13.0. The zero-order valence-corrected chi connectivity index (χ0v) is 11.0. The molecule has 2 heterocycles. The van der Waals surface area contributed by atoms with Gasteiger partial charge in [0.15, 0.2) is 5.78 Å². The van der Waals surface area contributed by atoms with Gasteiger partial charge in [0.2, 0.25) is 0 Å². The van der Waals surface area contributed by atoms with Crippen LogP contribution < -0.4 is 5.32 Å². The highest BCUT2D eigenvalue weighted by atomic mass is 32.1. The van der Waals surface area contributed by atoms with Gasteiger partial charge < -0.3 is 15.0 Å². The summed E-state index contributed by atoms with van der Waals surface area (Å²) in [7, 11) is 1.94. The second-order valence-corrected chi connectivity index (χ2v) is 5.19. The summed E-state index contributed by atoms with van der Waals surface area (Å²) in [6, 6.07) is 3.57. The minimum atomic E-state index is -0.472. The largest absolute Gasteiger partial charge is 0.366 e. The predicted octanol–water partition coefficient (Wildman–Crippen LogP) is 0.378. The lowest BCUT2D eigenvalue weighted by atomic mass is 10.2. The zero-order valence-electron chi connectivity index (χ0n) is 10.2. The van der Waals surface area contributed by atoms with Crippen LogP contribution >= 0.6 is 11.3 Å². The molecule has 0 spiro atoms. The van der Waals surface area contributed by atoms with Gasteiger partial charge >= 0.3 is 0 Å². The molecule has 98 valence electrons. The number of carbonyl (C=O) groups excluding carboxylic acids is 2. The molecule has 0 radical (unpaired) electrons. The van der Waals surface area contributed by atoms with E-state index in [4.69, 9.17) is 4.74 Å². The number of ether oxygens (including phenoxy) is 1. The number of nitrogens with zero attached hydrogens (tertiary/aromatic N) is 1. The Morgan fingerprint density at radius 2 is 2.44 bits per heavy atom. The summed E-state index contributed by atoms with van der Waals surface area (Å²) in [6.45, 7) is 1.98. The van der Waals surface area contributed by atoms with Gasteiger partial charge in [-0.1, -0.05) is 6.07 Å². The Bertz CT molecular complexity index is 419. The molecule has 5 nitrogen and oxygen atoms in total. The van der Waals surface area contributed by atoms with Crippen LogP contribution in [0.1, 0.15) is 9.67 Å². The van der Waals surface area contributed by atoms with E-state index in [-0.39, 0.29) is 18.2 Å². The van der Waals surface area contributed by atoms with E-state index < -0.39 is 6.10 Å². The van der Waals surface area contributed by atoms with Gasteiger partial charge in [-0.25, -0.2) is 0 Å². The van der Waals surface area contributed by atoms with Gasteiger partial charge in [0.1, 0.15) is 6.10 Å². The average molecular weight is 268 g/mol. The summed E-state index contributed by atoms with van der Waals surface area (Å²) in [5.74, 6) is -0.283. The SMILES string of the molecule is CN1CCO[C@H](C(=O)NCC(=O)c2cccs2)C1. The van der Waals surface area contributed by atoms with Crippen molar-refractivity contribution in [2.75, 3.05) is 33.3 Å². The summed E-state index contributed by atoms with van der Waals surface area (Å²) in [4.78, 5) is 26.2. The lowest BCUT2D eigenvalue weighted by molar-refractivity contribution is -0.137. The second kappa shape index (κ2) is 6.08. The number of morpholine rings is 1. The quantitative estimate of drug-likeness (QED) is 0.802. The van der Waals surface area contributed by atoms with Crippen molar-refractivity contribution in [2.24, 2.45) is 0 Å². The normalized spacial score (nSPS) is 20.6. The van der Waals surface area contributed by atoms with Crippen LogP contribution in [0.25, 0.3) is 0 Å². The third-order valence-electron chi connectivity index (χ3n) is 2.78. The minimum absolute atomic E-state index is 0.0307. The molecule has 6 heteroatoms. The second-order valence-electron chi connectivity index (χ2n) is 4.24. The fraction of sp³-hybridized carbons (Fsp3) is 0.500. The maximum atomic E-state index is 11.8. The highest BCUT2D eigenvalue weighted by Crippen LogP contribution is 2.09. The van der Waals surface area contributed by atoms with Crippen LogP contribution in [0.2, 0.25) is 0 Å². The van der Waals surface area contributed by atoms with Crippen LogP contribution in [0.5, 0.6) is 0 Å². The maximum Gasteiger partial charge on any atom is 0.250 e. The molecule has 0 unspecified atom stereocenters. The number of rotatable bonds is 4. The van der Waals surface area contributed by atoms with E-state index in [1.807, 2.05) is 23.4 Å². The molecule has 1 aliphatic heterocycles. The van der Waals surface area contributed by atoms with Crippen molar-refractivity contribution >= 4 is 23.0 Å². The van der Waals surface area contributed by atoms with Crippen molar-refractivity contribution in [3.8, 4) is 0 Å². The molecule has 1 saturated heterocycles. The van der Waals surface area contributed by atoms with Gasteiger partial charge in [-0.3, -0.25) is 9.59 Å². The first-order valence-electron chi connectivity index (χ1n) is 5.81. The van der Waals surface area contributed by atoms with Crippen molar-refractivity contribution < 1.29 is 14.3 Å². The number of hydrogen-bond donors (Lipinski definition) is 1. The standard InChI is InChI=1S/C12H16N2O3S/c1-14-4-5-17-10(8-14)12(16)13-7-9(15)11-3-2-6-18-11/h2-3,6,10H,4-5,7-8H2,1H3,(H,13,16)/t10-/m0/s1. The van der Waals surface area contributed by atoms with Crippen LogP contribution in [-0.2, 0) is 9.53 Å². The Balaban J connectivity index is 1.79. The van der Waals surface area contributed by atoms with E-state index in [1.165, 1.54) is 11.3 Å². The number of amides is 1. The Kier molecular flexibility index (Phi) is 4.46. The monoisotopic (exact) mass is 268 g/mol. The fourth-order valence-electron chi connectivity index (χ4n) is 1.74. The third kappa shape index (κ3) is 3.38. The molecule has 1 atom stereocenters. The van der Waals surface area contributed by atoms with Crippen LogP contribution in [0.15, 0.2) is 17.5 Å². The smallest absolute Gasteiger partial charge is 0.250 e. The molecule has 1 N–H and O–H groups in total. The Morgan fingerprint density at radius 1 is 1.61 bits per heavy atom. The predicted molar refractivity (Wildman–Crippen MR) is 68.9 cm³/mol. The molecule has 2 rings (SSSR count). The van der Waals surface area contributed by atoms with E-state index in [0.717, 1.165) is 6.54 Å². The summed E-state index contributed by atoms with van der Waals surface area (Å²) in [6.07, 6.45) is -0.472. The van der Waals surface area contributed by atoms with Crippen molar-refractivity contribution in [1.82, 2.24) is 10.2 Å². The number of ketones is 1. The number of thiophene rings is 1. The lowest BCUT2D eigenvalue weighted by Crippen LogP contribution is -2.49. The first-order valence-corrected chi connectivity index (χ1v) is 6.69. The van der Waals surface area contributed by atoms with E-state index in [1.54, 1.807) is 6.07 Å². The Labute approximate surface area is 110 Å². The average Bonchev–Trinajstić information content (AvgIpc) is 2.89. The topological polar surface area (TPSA) is 58.6 Å². The van der Waals surface area contributed by atoms with Crippen LogP contribution in [0.3, 0.4) is 0 Å². The summed E-state index contributed by atoms with van der Waals surface area (Å²) < 4.78 is 5.37. The van der Waals surface area contributed by atoms with Crippen LogP contribution in [0, 0.1) is 0 Å². The highest BCUT2D eigenvalue weighted by molar-refractivity contribution is 7.12.